The molecule has 2 aromatic rings. The van der Waals surface area contributed by atoms with Crippen LogP contribution in [-0.2, 0) is 29.0 Å². The van der Waals surface area contributed by atoms with E-state index in [-0.39, 0.29) is 46.3 Å². The number of ketones is 2. The van der Waals surface area contributed by atoms with E-state index in [2.05, 4.69) is 9.97 Å². The molecule has 8 nitrogen and oxygen atoms in total. The van der Waals surface area contributed by atoms with Gasteiger partial charge < -0.3 is 14.5 Å². The first-order chi connectivity index (χ1) is 14.8. The van der Waals surface area contributed by atoms with Crippen molar-refractivity contribution < 1.29 is 23.9 Å². The van der Waals surface area contributed by atoms with Gasteiger partial charge in [0.25, 0.3) is 5.56 Å². The van der Waals surface area contributed by atoms with Crippen molar-refractivity contribution in [3.8, 4) is 5.88 Å². The number of methoxy groups -OCH3 is 1. The molecule has 0 aliphatic heterocycles. The van der Waals surface area contributed by atoms with Crippen LogP contribution in [0.4, 0.5) is 0 Å². The molecule has 1 aliphatic rings. The maximum atomic E-state index is 13.7. The first kappa shape index (κ1) is 22.4. The normalized spacial score (nSPS) is 12.4. The zero-order chi connectivity index (χ0) is 22.9. The molecule has 2 aromatic heterocycles. The van der Waals surface area contributed by atoms with Gasteiger partial charge in [0.15, 0.2) is 5.78 Å². The molecule has 0 saturated heterocycles. The van der Waals surface area contributed by atoms with Crippen LogP contribution in [0.1, 0.15) is 88.0 Å². The van der Waals surface area contributed by atoms with E-state index in [1.54, 1.807) is 6.92 Å². The molecule has 164 valence electrons. The van der Waals surface area contributed by atoms with Crippen molar-refractivity contribution in [3.05, 3.63) is 55.1 Å². The average Bonchev–Trinajstić information content (AvgIpc) is 2.73. The molecule has 3 rings (SSSR count). The third-order valence-corrected chi connectivity index (χ3v) is 5.47. The third-order valence-electron chi connectivity index (χ3n) is 5.47. The van der Waals surface area contributed by atoms with Gasteiger partial charge in [0.2, 0.25) is 11.7 Å². The molecule has 0 atom stereocenters. The van der Waals surface area contributed by atoms with Crippen molar-refractivity contribution in [2.45, 2.75) is 60.0 Å². The zero-order valence-corrected chi connectivity index (χ0v) is 18.4. The lowest BCUT2D eigenvalue weighted by Gasteiger charge is -2.25. The van der Waals surface area contributed by atoms with Gasteiger partial charge in [0.1, 0.15) is 18.0 Å². The van der Waals surface area contributed by atoms with Crippen molar-refractivity contribution in [1.29, 1.82) is 0 Å². The Bertz CT molecular complexity index is 1150. The zero-order valence-electron chi connectivity index (χ0n) is 18.4. The van der Waals surface area contributed by atoms with Crippen molar-refractivity contribution in [3.63, 3.8) is 0 Å². The topological polar surface area (TPSA) is 115 Å². The molecule has 1 aliphatic carbocycles. The summed E-state index contributed by atoms with van der Waals surface area (Å²) in [6, 6.07) is 0. The fourth-order valence-electron chi connectivity index (χ4n) is 4.05. The van der Waals surface area contributed by atoms with Crippen LogP contribution < -0.4 is 10.3 Å². The number of esters is 1. The van der Waals surface area contributed by atoms with Gasteiger partial charge in [0, 0.05) is 12.5 Å². The first-order valence-electron chi connectivity index (χ1n) is 10.3. The molecule has 0 spiro atoms. The predicted octanol–water partition coefficient (Wildman–Crippen LogP) is 2.83. The monoisotopic (exact) mass is 426 g/mol. The number of hydrogen-bond donors (Lipinski definition) is 1. The number of hydrogen-bond acceptors (Lipinski definition) is 7. The molecule has 0 saturated carbocycles. The molecule has 0 radical (unpaired) electrons. The summed E-state index contributed by atoms with van der Waals surface area (Å²) in [6.45, 7) is 6.72. The lowest BCUT2D eigenvalue weighted by Crippen LogP contribution is -2.32. The fraction of sp³-hybridized carbons (Fsp3) is 0.435. The van der Waals surface area contributed by atoms with E-state index in [1.807, 2.05) is 13.8 Å². The summed E-state index contributed by atoms with van der Waals surface area (Å²) in [4.78, 5) is 57.8. The number of aromatic amines is 1. The largest absolute Gasteiger partial charge is 0.481 e. The second-order valence-corrected chi connectivity index (χ2v) is 7.55. The highest BCUT2D eigenvalue weighted by molar-refractivity contribution is 6.28. The number of ether oxygens (including phenoxy) is 2. The Morgan fingerprint density at radius 2 is 1.61 bits per heavy atom. The van der Waals surface area contributed by atoms with Crippen LogP contribution in [0, 0.1) is 6.92 Å². The highest BCUT2D eigenvalue weighted by Crippen LogP contribution is 2.35. The molecule has 0 fully saturated rings. The van der Waals surface area contributed by atoms with Crippen molar-refractivity contribution in [2.24, 2.45) is 0 Å². The van der Waals surface area contributed by atoms with Crippen LogP contribution in [0.25, 0.3) is 0 Å². The van der Waals surface area contributed by atoms with Crippen LogP contribution in [0.3, 0.4) is 0 Å². The Balaban J connectivity index is 2.36. The number of pyridine rings is 2. The number of nitrogens with one attached hydrogen (secondary N) is 1. The number of nitrogens with zero attached hydrogens (tertiary/aromatic N) is 1. The lowest BCUT2D eigenvalue weighted by atomic mass is 9.81. The maximum absolute atomic E-state index is 13.7. The molecule has 2 heterocycles. The number of H-pyrrole nitrogens is 1. The van der Waals surface area contributed by atoms with Crippen molar-refractivity contribution >= 4 is 17.5 Å². The molecule has 0 aromatic carbocycles. The van der Waals surface area contributed by atoms with Gasteiger partial charge in [-0.2, -0.15) is 0 Å². The van der Waals surface area contributed by atoms with E-state index >= 15 is 0 Å². The molecule has 8 heteroatoms. The molecule has 0 unspecified atom stereocenters. The Labute approximate surface area is 180 Å². The van der Waals surface area contributed by atoms with E-state index in [4.69, 9.17) is 9.47 Å². The maximum Gasteiger partial charge on any atom is 0.302 e. The average molecular weight is 426 g/mol. The summed E-state index contributed by atoms with van der Waals surface area (Å²) < 4.78 is 10.5. The Hall–Kier alpha value is -3.29. The van der Waals surface area contributed by atoms with Gasteiger partial charge in [0.05, 0.1) is 23.8 Å². The van der Waals surface area contributed by atoms with E-state index in [0.29, 0.717) is 47.9 Å². The number of aromatic nitrogens is 2. The highest BCUT2D eigenvalue weighted by Gasteiger charge is 2.38. The fourth-order valence-corrected chi connectivity index (χ4v) is 4.05. The minimum atomic E-state index is -0.520. The summed E-state index contributed by atoms with van der Waals surface area (Å²) in [5, 5.41) is 0. The Kier molecular flexibility index (Phi) is 6.38. The molecular formula is C23H26N2O6. The molecule has 0 amide bonds. The SMILES string of the molecule is CCCc1c(COC(C)=O)c(OC)nc2c1C(=O)c1c([nH]c(=O)c(C)c1CCC)C2=O. The number of carbonyl (C=O) groups is 3. The molecule has 0 bridgehead atoms. The lowest BCUT2D eigenvalue weighted by molar-refractivity contribution is -0.142. The minimum absolute atomic E-state index is 0.0266. The number of carbonyl (C=O) groups excluding carboxylic acids is 3. The highest BCUT2D eigenvalue weighted by atomic mass is 16.5. The van der Waals surface area contributed by atoms with Gasteiger partial charge in [-0.25, -0.2) is 4.98 Å². The molecule has 1 N–H and O–H groups in total. The van der Waals surface area contributed by atoms with Crippen molar-refractivity contribution in [1.82, 2.24) is 9.97 Å². The predicted molar refractivity (Wildman–Crippen MR) is 113 cm³/mol. The summed E-state index contributed by atoms with van der Waals surface area (Å²) >= 11 is 0. The van der Waals surface area contributed by atoms with Gasteiger partial charge in [-0.3, -0.25) is 19.2 Å². The van der Waals surface area contributed by atoms with Crippen LogP contribution >= 0.6 is 0 Å². The van der Waals surface area contributed by atoms with E-state index < -0.39 is 11.8 Å². The Morgan fingerprint density at radius 1 is 0.968 bits per heavy atom. The van der Waals surface area contributed by atoms with Gasteiger partial charge in [-0.15, -0.1) is 0 Å². The third kappa shape index (κ3) is 3.78. The van der Waals surface area contributed by atoms with Gasteiger partial charge >= 0.3 is 5.97 Å². The molecule has 31 heavy (non-hydrogen) atoms. The minimum Gasteiger partial charge on any atom is -0.481 e. The van der Waals surface area contributed by atoms with Crippen LogP contribution in [-0.4, -0.2) is 34.6 Å². The summed E-state index contributed by atoms with van der Waals surface area (Å²) in [7, 11) is 1.40. The Morgan fingerprint density at radius 3 is 2.19 bits per heavy atom. The molecular weight excluding hydrogens is 400 g/mol. The standard InChI is InChI=1S/C23H26N2O6/c1-6-8-13-11(3)22(29)24-18-16(13)20(27)17-14(9-7-2)15(10-31-12(4)26)23(30-5)25-19(17)21(18)28/h6-10H2,1-5H3,(H,24,29). The summed E-state index contributed by atoms with van der Waals surface area (Å²) in [6.07, 6.45) is 2.37. The summed E-state index contributed by atoms with van der Waals surface area (Å²) in [5.41, 5.74) is 2.05. The van der Waals surface area contributed by atoms with E-state index in [9.17, 15) is 19.2 Å². The second kappa shape index (κ2) is 8.83. The number of fused-ring (bicyclic) bond motifs is 2. The smallest absolute Gasteiger partial charge is 0.302 e. The summed E-state index contributed by atoms with van der Waals surface area (Å²) in [5.74, 6) is -1.23. The van der Waals surface area contributed by atoms with Gasteiger partial charge in [-0.1, -0.05) is 26.7 Å². The van der Waals surface area contributed by atoms with E-state index in [0.717, 1.165) is 0 Å². The quantitative estimate of drug-likeness (QED) is 0.578. The first-order valence-corrected chi connectivity index (χ1v) is 10.3. The van der Waals surface area contributed by atoms with Crippen molar-refractivity contribution in [2.75, 3.05) is 7.11 Å². The van der Waals surface area contributed by atoms with Crippen LogP contribution in [0.2, 0.25) is 0 Å². The van der Waals surface area contributed by atoms with E-state index in [1.165, 1.54) is 14.0 Å². The van der Waals surface area contributed by atoms with Crippen LogP contribution in [0.15, 0.2) is 4.79 Å². The second-order valence-electron chi connectivity index (χ2n) is 7.55. The van der Waals surface area contributed by atoms with Crippen LogP contribution in [0.5, 0.6) is 5.88 Å². The number of rotatable bonds is 7. The van der Waals surface area contributed by atoms with Gasteiger partial charge in [-0.05, 0) is 30.9 Å².